The summed E-state index contributed by atoms with van der Waals surface area (Å²) in [6, 6.07) is 0.210. The fourth-order valence-corrected chi connectivity index (χ4v) is 1.94. The predicted molar refractivity (Wildman–Crippen MR) is 66.2 cm³/mol. The molecule has 0 bridgehead atoms. The number of carbonyl (C=O) groups excluding carboxylic acids is 1. The van der Waals surface area contributed by atoms with Crippen LogP contribution in [0.1, 0.15) is 24.0 Å². The number of nitrogens with one attached hydrogen (secondary N) is 2. The lowest BCUT2D eigenvalue weighted by Gasteiger charge is -2.24. The fourth-order valence-electron chi connectivity index (χ4n) is 1.76. The van der Waals surface area contributed by atoms with Gasteiger partial charge < -0.3 is 10.6 Å². The highest BCUT2D eigenvalue weighted by Gasteiger charge is 2.19. The molecule has 0 saturated carbocycles. The zero-order chi connectivity index (χ0) is 12.4. The number of hydrogen-bond donors (Lipinski definition) is 2. The Morgan fingerprint density at radius 2 is 2.12 bits per heavy atom. The molecule has 0 aliphatic carbocycles. The molecule has 0 aromatic carbocycles. The van der Waals surface area contributed by atoms with Gasteiger partial charge >= 0.3 is 0 Å². The second-order valence-electron chi connectivity index (χ2n) is 4.27. The van der Waals surface area contributed by atoms with Crippen LogP contribution in [0.4, 0.5) is 5.82 Å². The van der Waals surface area contributed by atoms with E-state index in [9.17, 15) is 4.79 Å². The molecule has 0 radical (unpaired) electrons. The van der Waals surface area contributed by atoms with Gasteiger partial charge in [0.25, 0.3) is 0 Å². The first-order valence-electron chi connectivity index (χ1n) is 5.60. The molecular formula is C11H15ClN4O. The van der Waals surface area contributed by atoms with Crippen molar-refractivity contribution in [2.75, 3.05) is 11.9 Å². The average molecular weight is 255 g/mol. The van der Waals surface area contributed by atoms with Gasteiger partial charge in [0, 0.05) is 19.0 Å². The van der Waals surface area contributed by atoms with Crippen molar-refractivity contribution in [3.05, 3.63) is 16.3 Å². The monoisotopic (exact) mass is 254 g/mol. The van der Waals surface area contributed by atoms with Gasteiger partial charge in [0.15, 0.2) is 11.0 Å². The molecule has 5 nitrogen and oxygen atoms in total. The Bertz CT molecular complexity index is 439. The second-order valence-corrected chi connectivity index (χ2v) is 4.63. The van der Waals surface area contributed by atoms with Gasteiger partial charge in [-0.05, 0) is 31.4 Å². The molecular weight excluding hydrogens is 240 g/mol. The Morgan fingerprint density at radius 1 is 1.35 bits per heavy atom. The lowest BCUT2D eigenvalue weighted by atomic mass is 10.1. The van der Waals surface area contributed by atoms with Crippen LogP contribution in [0.2, 0.25) is 5.15 Å². The van der Waals surface area contributed by atoms with Crippen LogP contribution < -0.4 is 10.6 Å². The molecule has 6 heteroatoms. The van der Waals surface area contributed by atoms with Gasteiger partial charge in [-0.15, -0.1) is 10.2 Å². The highest BCUT2D eigenvalue weighted by molar-refractivity contribution is 6.30. The van der Waals surface area contributed by atoms with E-state index in [4.69, 9.17) is 11.6 Å². The van der Waals surface area contributed by atoms with Crippen LogP contribution >= 0.6 is 11.6 Å². The van der Waals surface area contributed by atoms with Gasteiger partial charge in [0.2, 0.25) is 5.91 Å². The van der Waals surface area contributed by atoms with Gasteiger partial charge in [0.1, 0.15) is 0 Å². The van der Waals surface area contributed by atoms with Gasteiger partial charge in [-0.25, -0.2) is 0 Å². The third-order valence-corrected chi connectivity index (χ3v) is 3.43. The minimum absolute atomic E-state index is 0.109. The van der Waals surface area contributed by atoms with Crippen LogP contribution in [0, 0.1) is 13.8 Å². The van der Waals surface area contributed by atoms with E-state index in [1.54, 1.807) is 0 Å². The van der Waals surface area contributed by atoms with E-state index in [0.717, 1.165) is 23.4 Å². The SMILES string of the molecule is Cc1c(Cl)nnc(NC2CCC(=O)NC2)c1C. The molecule has 2 rings (SSSR count). The van der Waals surface area contributed by atoms with Crippen molar-refractivity contribution in [1.29, 1.82) is 0 Å². The number of halogens is 1. The van der Waals surface area contributed by atoms with Crippen molar-refractivity contribution in [2.45, 2.75) is 32.7 Å². The van der Waals surface area contributed by atoms with Crippen molar-refractivity contribution in [2.24, 2.45) is 0 Å². The van der Waals surface area contributed by atoms with E-state index < -0.39 is 0 Å². The maximum atomic E-state index is 11.0. The molecule has 1 atom stereocenters. The van der Waals surface area contributed by atoms with E-state index in [-0.39, 0.29) is 11.9 Å². The maximum Gasteiger partial charge on any atom is 0.220 e. The smallest absolute Gasteiger partial charge is 0.220 e. The number of piperidine rings is 1. The van der Waals surface area contributed by atoms with Crippen LogP contribution in [0.3, 0.4) is 0 Å². The van der Waals surface area contributed by atoms with Crippen molar-refractivity contribution >= 4 is 23.3 Å². The van der Waals surface area contributed by atoms with Crippen molar-refractivity contribution in [3.63, 3.8) is 0 Å². The summed E-state index contributed by atoms with van der Waals surface area (Å²) in [5.41, 5.74) is 1.94. The highest BCUT2D eigenvalue weighted by Crippen LogP contribution is 2.21. The average Bonchev–Trinajstić information content (AvgIpc) is 2.33. The Balaban J connectivity index is 2.09. The summed E-state index contributed by atoms with van der Waals surface area (Å²) in [4.78, 5) is 11.0. The molecule has 1 aliphatic rings. The molecule has 1 aromatic rings. The minimum Gasteiger partial charge on any atom is -0.364 e. The Morgan fingerprint density at radius 3 is 2.76 bits per heavy atom. The van der Waals surface area contributed by atoms with Crippen LogP contribution in [-0.2, 0) is 4.79 Å². The number of aromatic nitrogens is 2. The number of anilines is 1. The first-order chi connectivity index (χ1) is 8.08. The molecule has 1 amide bonds. The van der Waals surface area contributed by atoms with E-state index in [1.165, 1.54) is 0 Å². The van der Waals surface area contributed by atoms with Crippen molar-refractivity contribution < 1.29 is 4.79 Å². The second kappa shape index (κ2) is 4.87. The zero-order valence-electron chi connectivity index (χ0n) is 9.88. The summed E-state index contributed by atoms with van der Waals surface area (Å²) in [6.45, 7) is 4.50. The van der Waals surface area contributed by atoms with E-state index >= 15 is 0 Å². The molecule has 1 aromatic heterocycles. The van der Waals surface area contributed by atoms with Gasteiger partial charge in [-0.2, -0.15) is 0 Å². The largest absolute Gasteiger partial charge is 0.364 e. The normalized spacial score (nSPS) is 19.9. The standard InChI is InChI=1S/C11H15ClN4O/c1-6-7(2)11(16-15-10(6)12)14-8-3-4-9(17)13-5-8/h8H,3-5H2,1-2H3,(H,13,17)(H,14,16). The molecule has 92 valence electrons. The Labute approximate surface area is 105 Å². The summed E-state index contributed by atoms with van der Waals surface area (Å²) < 4.78 is 0. The predicted octanol–water partition coefficient (Wildman–Crippen LogP) is 1.44. The quantitative estimate of drug-likeness (QED) is 0.838. The molecule has 17 heavy (non-hydrogen) atoms. The van der Waals surface area contributed by atoms with E-state index in [2.05, 4.69) is 20.8 Å². The summed E-state index contributed by atoms with van der Waals surface area (Å²) in [7, 11) is 0. The summed E-state index contributed by atoms with van der Waals surface area (Å²) in [5.74, 6) is 0.853. The van der Waals surface area contributed by atoms with Crippen molar-refractivity contribution in [1.82, 2.24) is 15.5 Å². The van der Waals surface area contributed by atoms with Gasteiger partial charge in [-0.3, -0.25) is 4.79 Å². The molecule has 1 saturated heterocycles. The highest BCUT2D eigenvalue weighted by atomic mass is 35.5. The number of amides is 1. The van der Waals surface area contributed by atoms with Gasteiger partial charge in [0.05, 0.1) is 0 Å². The minimum atomic E-state index is 0.109. The number of rotatable bonds is 2. The first kappa shape index (κ1) is 12.1. The maximum absolute atomic E-state index is 11.0. The number of hydrogen-bond acceptors (Lipinski definition) is 4. The van der Waals surface area contributed by atoms with Gasteiger partial charge in [-0.1, -0.05) is 11.6 Å². The van der Waals surface area contributed by atoms with Crippen molar-refractivity contribution in [3.8, 4) is 0 Å². The fraction of sp³-hybridized carbons (Fsp3) is 0.545. The molecule has 2 heterocycles. The third-order valence-electron chi connectivity index (χ3n) is 3.07. The third kappa shape index (κ3) is 2.66. The summed E-state index contributed by atoms with van der Waals surface area (Å²) in [5, 5.41) is 14.5. The van der Waals surface area contributed by atoms with Crippen LogP contribution in [0.25, 0.3) is 0 Å². The lowest BCUT2D eigenvalue weighted by Crippen LogP contribution is -2.42. The van der Waals surface area contributed by atoms with Crippen LogP contribution in [0.15, 0.2) is 0 Å². The van der Waals surface area contributed by atoms with E-state index in [1.807, 2.05) is 13.8 Å². The first-order valence-corrected chi connectivity index (χ1v) is 5.98. The topological polar surface area (TPSA) is 66.9 Å². The van der Waals surface area contributed by atoms with Crippen LogP contribution in [-0.4, -0.2) is 28.7 Å². The number of nitrogens with zero attached hydrogens (tertiary/aromatic N) is 2. The molecule has 2 N–H and O–H groups in total. The molecule has 0 spiro atoms. The zero-order valence-corrected chi connectivity index (χ0v) is 10.6. The Kier molecular flexibility index (Phi) is 3.47. The van der Waals surface area contributed by atoms with Crippen LogP contribution in [0.5, 0.6) is 0 Å². The number of carbonyl (C=O) groups is 1. The molecule has 1 unspecified atom stereocenters. The lowest BCUT2D eigenvalue weighted by molar-refractivity contribution is -0.122. The van der Waals surface area contributed by atoms with E-state index in [0.29, 0.717) is 18.1 Å². The summed E-state index contributed by atoms with van der Waals surface area (Å²) >= 11 is 5.89. The molecule has 1 fully saturated rings. The summed E-state index contributed by atoms with van der Waals surface area (Å²) in [6.07, 6.45) is 1.37. The molecule has 1 aliphatic heterocycles. The Hall–Kier alpha value is -1.36.